The van der Waals surface area contributed by atoms with Crippen molar-refractivity contribution >= 4 is 40.4 Å². The number of carbonyl (C=O) groups excluding carboxylic acids is 3. The first-order valence-corrected chi connectivity index (χ1v) is 16.6. The van der Waals surface area contributed by atoms with Crippen LogP contribution in [-0.4, -0.2) is 77.6 Å². The van der Waals surface area contributed by atoms with Crippen molar-refractivity contribution in [3.63, 3.8) is 0 Å². The molecule has 4 rings (SSSR count). The molecule has 2 fully saturated rings. The maximum Gasteiger partial charge on any atom is 0.338 e. The smallest absolute Gasteiger partial charge is 0.338 e. The number of rotatable bonds is 14. The average Bonchev–Trinajstić information content (AvgIpc) is 3.62. The molecule has 2 saturated heterocycles. The van der Waals surface area contributed by atoms with E-state index in [1.165, 1.54) is 0 Å². The zero-order valence-corrected chi connectivity index (χ0v) is 27.0. The molecule has 2 aliphatic heterocycles. The molecule has 0 bridgehead atoms. The maximum atomic E-state index is 13.9. The second-order valence-electron chi connectivity index (χ2n) is 11.5. The van der Waals surface area contributed by atoms with Crippen molar-refractivity contribution < 1.29 is 33.7 Å². The van der Waals surface area contributed by atoms with E-state index in [4.69, 9.17) is 19.3 Å². The summed E-state index contributed by atoms with van der Waals surface area (Å²) >= 11 is 2.19. The molecule has 1 aromatic carbocycles. The number of carbonyl (C=O) groups is 3. The third kappa shape index (κ3) is 8.12. The summed E-state index contributed by atoms with van der Waals surface area (Å²) in [5.41, 5.74) is 0.908. The fraction of sp³-hybridized carbons (Fsp3) is 0.656. The number of esters is 1. The Kier molecular flexibility index (Phi) is 12.2. The van der Waals surface area contributed by atoms with Gasteiger partial charge in [-0.05, 0) is 78.6 Å². The Morgan fingerprint density at radius 3 is 2.40 bits per heavy atom. The molecule has 0 radical (unpaired) electrons. The predicted octanol–water partition coefficient (Wildman–Crippen LogP) is 4.89. The van der Waals surface area contributed by atoms with Crippen LogP contribution < -0.4 is 5.32 Å². The lowest BCUT2D eigenvalue weighted by atomic mass is 9.91. The van der Waals surface area contributed by atoms with Crippen molar-refractivity contribution in [1.29, 1.82) is 0 Å². The second-order valence-corrected chi connectivity index (χ2v) is 12.8. The molecule has 2 amide bonds. The molecule has 4 unspecified atom stereocenters. The average molecular weight is 697 g/mol. The van der Waals surface area contributed by atoms with Gasteiger partial charge in [0, 0.05) is 41.5 Å². The van der Waals surface area contributed by atoms with Crippen LogP contribution in [0.1, 0.15) is 94.8 Å². The number of nitrogens with zero attached hydrogens (tertiary/aromatic N) is 1. The van der Waals surface area contributed by atoms with Crippen LogP contribution >= 0.6 is 22.6 Å². The van der Waals surface area contributed by atoms with Crippen LogP contribution in [0, 0.1) is 3.57 Å². The Hall–Kier alpha value is -2.02. The van der Waals surface area contributed by atoms with Crippen LogP contribution in [0.25, 0.3) is 0 Å². The van der Waals surface area contributed by atoms with E-state index in [9.17, 15) is 14.4 Å². The molecule has 2 heterocycles. The van der Waals surface area contributed by atoms with E-state index in [2.05, 4.69) is 41.8 Å². The molecule has 232 valence electrons. The minimum atomic E-state index is -0.789. The van der Waals surface area contributed by atoms with Crippen molar-refractivity contribution in [3.05, 3.63) is 45.0 Å². The lowest BCUT2D eigenvalue weighted by Gasteiger charge is -2.33. The summed E-state index contributed by atoms with van der Waals surface area (Å²) in [6.45, 7) is 4.77. The normalized spacial score (nSPS) is 24.7. The fourth-order valence-corrected chi connectivity index (χ4v) is 6.50. The largest absolute Gasteiger partial charge is 0.456 e. The number of aliphatic hydroxyl groups is 1. The molecule has 1 aliphatic carbocycles. The number of ether oxygens (including phenoxy) is 3. The minimum absolute atomic E-state index is 0.143. The molecular weight excluding hydrogens is 651 g/mol. The van der Waals surface area contributed by atoms with Gasteiger partial charge in [-0.25, -0.2) is 4.79 Å². The van der Waals surface area contributed by atoms with Crippen LogP contribution in [0.3, 0.4) is 0 Å². The van der Waals surface area contributed by atoms with Gasteiger partial charge in [0.2, 0.25) is 11.8 Å². The Labute approximate surface area is 262 Å². The Morgan fingerprint density at radius 2 is 1.76 bits per heavy atom. The molecule has 0 saturated carbocycles. The van der Waals surface area contributed by atoms with Gasteiger partial charge >= 0.3 is 5.97 Å². The number of aliphatic hydroxyl groups excluding tert-OH is 1. The molecule has 9 nitrogen and oxygen atoms in total. The molecule has 0 spiro atoms. The van der Waals surface area contributed by atoms with Crippen molar-refractivity contribution in [2.45, 2.75) is 115 Å². The number of benzene rings is 1. The second kappa shape index (κ2) is 15.6. The van der Waals surface area contributed by atoms with E-state index in [1.807, 2.05) is 18.2 Å². The molecule has 3 aliphatic rings. The van der Waals surface area contributed by atoms with E-state index in [0.717, 1.165) is 54.9 Å². The Bertz CT molecular complexity index is 1100. The Balaban J connectivity index is 1.60. The van der Waals surface area contributed by atoms with E-state index in [-0.39, 0.29) is 31.4 Å². The highest BCUT2D eigenvalue weighted by Crippen LogP contribution is 2.43. The van der Waals surface area contributed by atoms with E-state index in [1.54, 1.807) is 17.0 Å². The predicted molar refractivity (Wildman–Crippen MR) is 167 cm³/mol. The monoisotopic (exact) mass is 696 g/mol. The summed E-state index contributed by atoms with van der Waals surface area (Å²) in [7, 11) is 0. The van der Waals surface area contributed by atoms with Gasteiger partial charge in [0.15, 0.2) is 5.79 Å². The van der Waals surface area contributed by atoms with E-state index in [0.29, 0.717) is 30.5 Å². The molecule has 1 aromatic rings. The quantitative estimate of drug-likeness (QED) is 0.162. The number of halogens is 1. The van der Waals surface area contributed by atoms with Crippen molar-refractivity contribution in [2.24, 2.45) is 0 Å². The van der Waals surface area contributed by atoms with Crippen LogP contribution in [0.2, 0.25) is 0 Å². The van der Waals surface area contributed by atoms with Crippen molar-refractivity contribution in [1.82, 2.24) is 10.2 Å². The highest BCUT2D eigenvalue weighted by Gasteiger charge is 2.53. The summed E-state index contributed by atoms with van der Waals surface area (Å²) in [6.07, 6.45) is 9.21. The van der Waals surface area contributed by atoms with Gasteiger partial charge in [-0.2, -0.15) is 0 Å². The number of unbranched alkanes of at least 4 members (excludes halogenated alkanes) is 4. The third-order valence-corrected chi connectivity index (χ3v) is 9.06. The number of hydrogen-bond donors (Lipinski definition) is 2. The summed E-state index contributed by atoms with van der Waals surface area (Å²) in [6, 6.07) is 6.58. The number of fused-ring (bicyclic) bond motifs is 1. The number of hydrogen-bond acceptors (Lipinski definition) is 7. The first kappa shape index (κ1) is 32.9. The first-order chi connectivity index (χ1) is 20.3. The molecular formula is C32H45IN2O7. The summed E-state index contributed by atoms with van der Waals surface area (Å²) < 4.78 is 20.5. The summed E-state index contributed by atoms with van der Waals surface area (Å²) in [4.78, 5) is 41.5. The third-order valence-electron chi connectivity index (χ3n) is 8.34. The van der Waals surface area contributed by atoms with Gasteiger partial charge in [0.1, 0.15) is 24.4 Å². The van der Waals surface area contributed by atoms with Crippen molar-refractivity contribution in [3.8, 4) is 0 Å². The van der Waals surface area contributed by atoms with Gasteiger partial charge in [-0.3, -0.25) is 9.59 Å². The maximum absolute atomic E-state index is 13.9. The molecule has 0 aromatic heterocycles. The number of nitrogens with one attached hydrogen (secondary N) is 1. The number of likely N-dealkylation sites (tertiary alicyclic amines) is 1. The van der Waals surface area contributed by atoms with Gasteiger partial charge in [0.25, 0.3) is 0 Å². The molecule has 10 heteroatoms. The van der Waals surface area contributed by atoms with Crippen LogP contribution in [0.5, 0.6) is 0 Å². The van der Waals surface area contributed by atoms with Crippen LogP contribution in [0.15, 0.2) is 35.9 Å². The molecule has 2 N–H and O–H groups in total. The van der Waals surface area contributed by atoms with Crippen LogP contribution in [-0.2, 0) is 23.8 Å². The van der Waals surface area contributed by atoms with Gasteiger partial charge in [-0.1, -0.05) is 39.5 Å². The van der Waals surface area contributed by atoms with E-state index < -0.39 is 36.1 Å². The van der Waals surface area contributed by atoms with Gasteiger partial charge in [0.05, 0.1) is 12.2 Å². The topological polar surface area (TPSA) is 114 Å². The molecule has 4 atom stereocenters. The standard InChI is InChI=1S/C32H45IN2O7/c1-3-5-7-15-32(16-8-6-4-2)41-27-21-23(30(38)35-18-9-10-25(35)29(37)34-17-19-36)20-26(28(27)42-32)40-31(39)22-11-13-24(33)14-12-22/h11-14,21,25-28,36H,3-10,15-20H2,1-2H3,(H,34,37). The zero-order chi connectivity index (χ0) is 30.1. The summed E-state index contributed by atoms with van der Waals surface area (Å²) in [5.74, 6) is -1.77. The lowest BCUT2D eigenvalue weighted by molar-refractivity contribution is -0.190. The van der Waals surface area contributed by atoms with E-state index >= 15 is 0 Å². The fourth-order valence-electron chi connectivity index (χ4n) is 6.15. The number of amides is 2. The molecule has 42 heavy (non-hydrogen) atoms. The zero-order valence-electron chi connectivity index (χ0n) is 24.8. The van der Waals surface area contributed by atoms with Gasteiger partial charge < -0.3 is 29.5 Å². The summed E-state index contributed by atoms with van der Waals surface area (Å²) in [5, 5.41) is 11.8. The van der Waals surface area contributed by atoms with Crippen molar-refractivity contribution in [2.75, 3.05) is 19.7 Å². The van der Waals surface area contributed by atoms with Gasteiger partial charge in [-0.15, -0.1) is 0 Å². The highest BCUT2D eigenvalue weighted by atomic mass is 127. The SMILES string of the molecule is CCCCCC1(CCCCC)OC2C=C(C(=O)N3CCCC3C(=O)NCCO)CC(OC(=O)c3ccc(I)cc3)C2O1. The first-order valence-electron chi connectivity index (χ1n) is 15.5. The minimum Gasteiger partial charge on any atom is -0.456 e. The lowest BCUT2D eigenvalue weighted by Crippen LogP contribution is -2.49. The highest BCUT2D eigenvalue weighted by molar-refractivity contribution is 14.1. The Morgan fingerprint density at radius 1 is 1.07 bits per heavy atom. The van der Waals surface area contributed by atoms with Crippen LogP contribution in [0.4, 0.5) is 0 Å².